The average molecular weight is 215 g/mol. The van der Waals surface area contributed by atoms with Gasteiger partial charge >= 0.3 is 11.9 Å². The minimum Gasteiger partial charge on any atom is -0.457 e. The van der Waals surface area contributed by atoms with Gasteiger partial charge in [0.15, 0.2) is 0 Å². The highest BCUT2D eigenvalue weighted by molar-refractivity contribution is 7.89. The first-order chi connectivity index (χ1) is 5.71. The van der Waals surface area contributed by atoms with Gasteiger partial charge in [-0.25, -0.2) is 18.4 Å². The molecule has 0 aromatic heterocycles. The van der Waals surface area contributed by atoms with Crippen molar-refractivity contribution in [2.45, 2.75) is 18.4 Å². The second-order valence-corrected chi connectivity index (χ2v) is 4.42. The third kappa shape index (κ3) is 2.59. The van der Waals surface area contributed by atoms with Crippen LogP contribution < -0.4 is 5.14 Å². The molecular formula is C5H7F2NO4S. The van der Waals surface area contributed by atoms with E-state index < -0.39 is 40.2 Å². The first-order valence-corrected chi connectivity index (χ1v) is 5.02. The maximum absolute atomic E-state index is 12.5. The zero-order valence-corrected chi connectivity index (χ0v) is 7.18. The predicted molar refractivity (Wildman–Crippen MR) is 37.4 cm³/mol. The van der Waals surface area contributed by atoms with Crippen LogP contribution in [0.3, 0.4) is 0 Å². The maximum atomic E-state index is 12.5. The van der Waals surface area contributed by atoms with E-state index in [1.165, 1.54) is 0 Å². The number of nitrogens with two attached hydrogens (primary N) is 1. The molecule has 0 radical (unpaired) electrons. The van der Waals surface area contributed by atoms with Crippen molar-refractivity contribution in [3.8, 4) is 0 Å². The fourth-order valence-electron chi connectivity index (χ4n) is 1.00. The molecule has 1 aliphatic rings. The zero-order chi connectivity index (χ0) is 10.3. The number of rotatable bonds is 2. The second kappa shape index (κ2) is 2.88. The lowest BCUT2D eigenvalue weighted by Gasteiger charge is -2.04. The normalized spacial score (nSPS) is 27.3. The summed E-state index contributed by atoms with van der Waals surface area (Å²) in [5, 5.41) is 4.59. The highest BCUT2D eigenvalue weighted by Crippen LogP contribution is 2.31. The largest absolute Gasteiger partial charge is 0.457 e. The molecule has 0 saturated carbocycles. The van der Waals surface area contributed by atoms with Crippen molar-refractivity contribution in [1.29, 1.82) is 0 Å². The summed E-state index contributed by atoms with van der Waals surface area (Å²) in [6, 6.07) is 0. The van der Waals surface area contributed by atoms with Crippen LogP contribution in [-0.4, -0.2) is 32.2 Å². The molecule has 8 heteroatoms. The van der Waals surface area contributed by atoms with Gasteiger partial charge in [0, 0.05) is 0 Å². The third-order valence-electron chi connectivity index (χ3n) is 1.47. The Morgan fingerprint density at radius 2 is 2.15 bits per heavy atom. The standard InChI is InChI=1S/C5H7F2NO4S/c6-5(7)1-3(12-4(5)9)2-13(8,10)11/h3H,1-2H2,(H2,8,10,11). The summed E-state index contributed by atoms with van der Waals surface area (Å²) < 4.78 is 49.9. The number of sulfonamides is 1. The van der Waals surface area contributed by atoms with Crippen LogP contribution in [0.5, 0.6) is 0 Å². The number of carbonyl (C=O) groups is 1. The Labute approximate surface area is 72.9 Å². The van der Waals surface area contributed by atoms with E-state index >= 15 is 0 Å². The molecule has 0 amide bonds. The van der Waals surface area contributed by atoms with Gasteiger partial charge in [0.1, 0.15) is 11.9 Å². The second-order valence-electron chi connectivity index (χ2n) is 2.77. The molecule has 1 aliphatic heterocycles. The lowest BCUT2D eigenvalue weighted by Crippen LogP contribution is -2.26. The highest BCUT2D eigenvalue weighted by Gasteiger charge is 2.51. The molecule has 0 spiro atoms. The summed E-state index contributed by atoms with van der Waals surface area (Å²) in [5.74, 6) is -6.05. The Morgan fingerprint density at radius 3 is 2.46 bits per heavy atom. The predicted octanol–water partition coefficient (Wildman–Crippen LogP) is -0.774. The molecule has 13 heavy (non-hydrogen) atoms. The Hall–Kier alpha value is -0.760. The Morgan fingerprint density at radius 1 is 1.62 bits per heavy atom. The van der Waals surface area contributed by atoms with E-state index in [1.54, 1.807) is 0 Å². The number of halogens is 2. The summed E-state index contributed by atoms with van der Waals surface area (Å²) in [5.41, 5.74) is 0. The number of alkyl halides is 2. The van der Waals surface area contributed by atoms with Crippen LogP contribution in [-0.2, 0) is 19.6 Å². The monoisotopic (exact) mass is 215 g/mol. The number of hydrogen-bond donors (Lipinski definition) is 1. The van der Waals surface area contributed by atoms with E-state index in [2.05, 4.69) is 9.88 Å². The lowest BCUT2D eigenvalue weighted by molar-refractivity contribution is -0.158. The number of hydrogen-bond acceptors (Lipinski definition) is 4. The van der Waals surface area contributed by atoms with Crippen LogP contribution >= 0.6 is 0 Å². The van der Waals surface area contributed by atoms with E-state index in [-0.39, 0.29) is 0 Å². The Balaban J connectivity index is 2.66. The van der Waals surface area contributed by atoms with Crippen molar-refractivity contribution in [2.24, 2.45) is 5.14 Å². The molecule has 1 saturated heterocycles. The SMILES string of the molecule is NS(=O)(=O)CC1CC(F)(F)C(=O)O1. The first-order valence-electron chi connectivity index (χ1n) is 3.30. The van der Waals surface area contributed by atoms with Gasteiger partial charge in [0.25, 0.3) is 0 Å². The van der Waals surface area contributed by atoms with Crippen molar-refractivity contribution < 1.29 is 26.7 Å². The minimum atomic E-state index is -3.89. The van der Waals surface area contributed by atoms with E-state index in [4.69, 9.17) is 0 Å². The summed E-state index contributed by atoms with van der Waals surface area (Å²) in [4.78, 5) is 10.4. The van der Waals surface area contributed by atoms with Gasteiger partial charge < -0.3 is 4.74 Å². The molecule has 5 nitrogen and oxygen atoms in total. The van der Waals surface area contributed by atoms with Gasteiger partial charge in [-0.15, -0.1) is 0 Å². The summed E-state index contributed by atoms with van der Waals surface area (Å²) in [7, 11) is -3.89. The smallest absolute Gasteiger partial charge is 0.377 e. The number of esters is 1. The van der Waals surface area contributed by atoms with Crippen molar-refractivity contribution in [2.75, 3.05) is 5.75 Å². The van der Waals surface area contributed by atoms with Gasteiger partial charge in [-0.2, -0.15) is 8.78 Å². The van der Waals surface area contributed by atoms with Crippen molar-refractivity contribution in [1.82, 2.24) is 0 Å². The van der Waals surface area contributed by atoms with Crippen LogP contribution in [0.4, 0.5) is 8.78 Å². The van der Waals surface area contributed by atoms with Crippen LogP contribution in [0, 0.1) is 0 Å². The molecule has 1 heterocycles. The topological polar surface area (TPSA) is 86.5 Å². The molecule has 0 aromatic rings. The maximum Gasteiger partial charge on any atom is 0.377 e. The van der Waals surface area contributed by atoms with Crippen molar-refractivity contribution in [3.05, 3.63) is 0 Å². The number of primary sulfonamides is 1. The van der Waals surface area contributed by atoms with Gasteiger partial charge in [-0.05, 0) is 0 Å². The molecular weight excluding hydrogens is 208 g/mol. The van der Waals surface area contributed by atoms with E-state index in [9.17, 15) is 22.0 Å². The lowest BCUT2D eigenvalue weighted by atomic mass is 10.2. The Kier molecular flexibility index (Phi) is 2.28. The summed E-state index contributed by atoms with van der Waals surface area (Å²) in [6.45, 7) is 0. The summed E-state index contributed by atoms with van der Waals surface area (Å²) in [6.07, 6.45) is -2.26. The van der Waals surface area contributed by atoms with E-state index in [0.29, 0.717) is 0 Å². The molecule has 0 aromatic carbocycles. The van der Waals surface area contributed by atoms with Crippen LogP contribution in [0.25, 0.3) is 0 Å². The third-order valence-corrected chi connectivity index (χ3v) is 2.31. The molecule has 0 bridgehead atoms. The zero-order valence-electron chi connectivity index (χ0n) is 6.37. The number of carbonyl (C=O) groups excluding carboxylic acids is 1. The van der Waals surface area contributed by atoms with Gasteiger partial charge in [0.2, 0.25) is 10.0 Å². The first kappa shape index (κ1) is 10.3. The molecule has 0 aliphatic carbocycles. The van der Waals surface area contributed by atoms with Gasteiger partial charge in [-0.3, -0.25) is 0 Å². The van der Waals surface area contributed by atoms with Crippen molar-refractivity contribution >= 4 is 16.0 Å². The number of cyclic esters (lactones) is 1. The van der Waals surface area contributed by atoms with Crippen molar-refractivity contribution in [3.63, 3.8) is 0 Å². The average Bonchev–Trinajstić information content (AvgIpc) is 2.01. The van der Waals surface area contributed by atoms with Gasteiger partial charge in [0.05, 0.1) is 6.42 Å². The van der Waals surface area contributed by atoms with Crippen LogP contribution in [0.2, 0.25) is 0 Å². The minimum absolute atomic E-state index is 0.770. The molecule has 1 unspecified atom stereocenters. The highest BCUT2D eigenvalue weighted by atomic mass is 32.2. The van der Waals surface area contributed by atoms with Crippen LogP contribution in [0.15, 0.2) is 0 Å². The van der Waals surface area contributed by atoms with Gasteiger partial charge in [-0.1, -0.05) is 0 Å². The molecule has 2 N–H and O–H groups in total. The molecule has 1 rings (SSSR count). The molecule has 1 fully saturated rings. The quantitative estimate of drug-likeness (QED) is 0.612. The fraction of sp³-hybridized carbons (Fsp3) is 0.800. The Bertz CT molecular complexity index is 325. The van der Waals surface area contributed by atoms with Crippen LogP contribution in [0.1, 0.15) is 6.42 Å². The van der Waals surface area contributed by atoms with E-state index in [0.717, 1.165) is 0 Å². The molecule has 76 valence electrons. The molecule has 1 atom stereocenters. The fourth-order valence-corrected chi connectivity index (χ4v) is 1.70. The number of ether oxygens (including phenoxy) is 1. The van der Waals surface area contributed by atoms with E-state index in [1.807, 2.05) is 0 Å². The summed E-state index contributed by atoms with van der Waals surface area (Å²) >= 11 is 0.